The molecule has 0 unspecified atom stereocenters. The zero-order valence-corrected chi connectivity index (χ0v) is 16.2. The Morgan fingerprint density at radius 2 is 1.17 bits per heavy atom. The molecule has 3 aromatic carbocycles. The van der Waals surface area contributed by atoms with Crippen LogP contribution in [0.1, 0.15) is 5.56 Å². The fourth-order valence-corrected chi connectivity index (χ4v) is 3.73. The Balaban J connectivity index is 1.70. The van der Waals surface area contributed by atoms with E-state index in [1.807, 2.05) is 36.6 Å². The maximum atomic E-state index is 6.14. The average Bonchev–Trinajstić information content (AvgIpc) is 2.80. The molecule has 5 rings (SSSR count). The van der Waals surface area contributed by atoms with Crippen LogP contribution in [-0.2, 0) is 0 Å². The highest BCUT2D eigenvalue weighted by atomic mass is 16.5. The third-order valence-corrected chi connectivity index (χ3v) is 5.19. The molecule has 29 heavy (non-hydrogen) atoms. The molecule has 0 radical (unpaired) electrons. The molecule has 0 saturated heterocycles. The van der Waals surface area contributed by atoms with Crippen molar-refractivity contribution in [1.29, 1.82) is 0 Å². The predicted octanol–water partition coefficient (Wildman–Crippen LogP) is 5.27. The van der Waals surface area contributed by atoms with E-state index in [2.05, 4.69) is 89.5 Å². The Hall–Kier alpha value is -3.85. The van der Waals surface area contributed by atoms with Crippen molar-refractivity contribution in [3.05, 3.63) is 115 Å². The van der Waals surface area contributed by atoms with Crippen molar-refractivity contribution in [2.45, 2.75) is 0 Å². The van der Waals surface area contributed by atoms with Gasteiger partial charge >= 0.3 is 5.88 Å². The minimum Gasteiger partial charge on any atom is -0.409 e. The van der Waals surface area contributed by atoms with Crippen LogP contribution in [0.15, 0.2) is 109 Å². The van der Waals surface area contributed by atoms with E-state index in [-0.39, 0.29) is 0 Å². The summed E-state index contributed by atoms with van der Waals surface area (Å²) in [5, 5.41) is 2.14. The number of aromatic nitrogens is 1. The standard InChI is InChI=1S/C26H21N2O/c1-27-25(22-15-9-4-10-16-22)19-29-26-18-23(20-11-5-2-6-12-20)17-24(28(26)27)21-13-7-3-8-14-21/h2-19H,1H3/q+1. The molecule has 0 bridgehead atoms. The topological polar surface area (TPSA) is 16.4 Å². The molecule has 4 aromatic rings. The van der Waals surface area contributed by atoms with Gasteiger partial charge in [0.2, 0.25) is 5.69 Å². The second kappa shape index (κ2) is 7.28. The average molecular weight is 377 g/mol. The van der Waals surface area contributed by atoms with Crippen molar-refractivity contribution in [3.8, 4) is 28.3 Å². The van der Waals surface area contributed by atoms with Gasteiger partial charge in [-0.25, -0.2) is 0 Å². The highest BCUT2D eigenvalue weighted by Gasteiger charge is 2.32. The van der Waals surface area contributed by atoms with Gasteiger partial charge in [-0.3, -0.25) is 0 Å². The minimum atomic E-state index is 0.785. The number of rotatable bonds is 3. The lowest BCUT2D eigenvalue weighted by molar-refractivity contribution is -0.676. The van der Waals surface area contributed by atoms with Crippen LogP contribution in [0.4, 0.5) is 0 Å². The smallest absolute Gasteiger partial charge is 0.403 e. The molecule has 0 amide bonds. The Labute approximate surface area is 170 Å². The van der Waals surface area contributed by atoms with Crippen molar-refractivity contribution in [1.82, 2.24) is 0 Å². The summed E-state index contributed by atoms with van der Waals surface area (Å²) in [5.74, 6) is 0.785. The van der Waals surface area contributed by atoms with Crippen molar-refractivity contribution < 1.29 is 9.41 Å². The van der Waals surface area contributed by atoms with Crippen LogP contribution < -0.4 is 14.4 Å². The van der Waals surface area contributed by atoms with Gasteiger partial charge in [0.1, 0.15) is 12.0 Å². The Morgan fingerprint density at radius 1 is 0.621 bits per heavy atom. The van der Waals surface area contributed by atoms with E-state index in [1.54, 1.807) is 0 Å². The molecule has 140 valence electrons. The fourth-order valence-electron chi connectivity index (χ4n) is 3.73. The van der Waals surface area contributed by atoms with Gasteiger partial charge in [-0.2, -0.15) is 0 Å². The maximum Gasteiger partial charge on any atom is 0.403 e. The molecular formula is C26H21N2O+. The second-order valence-corrected chi connectivity index (χ2v) is 7.02. The van der Waals surface area contributed by atoms with E-state index in [1.165, 1.54) is 0 Å². The molecule has 0 fully saturated rings. The van der Waals surface area contributed by atoms with Crippen LogP contribution in [0.5, 0.6) is 5.88 Å². The second-order valence-electron chi connectivity index (χ2n) is 7.02. The van der Waals surface area contributed by atoms with E-state index in [9.17, 15) is 0 Å². The molecule has 2 heterocycles. The number of fused-ring (bicyclic) bond motifs is 1. The quantitative estimate of drug-likeness (QED) is 0.453. The predicted molar refractivity (Wildman–Crippen MR) is 117 cm³/mol. The van der Waals surface area contributed by atoms with E-state index >= 15 is 0 Å². The summed E-state index contributed by atoms with van der Waals surface area (Å²) in [5.41, 5.74) is 6.62. The summed E-state index contributed by atoms with van der Waals surface area (Å²) in [7, 11) is 2.07. The van der Waals surface area contributed by atoms with Gasteiger partial charge in [0, 0.05) is 17.2 Å². The number of ether oxygens (including phenoxy) is 1. The molecule has 1 aliphatic heterocycles. The molecule has 3 nitrogen and oxygen atoms in total. The highest BCUT2D eigenvalue weighted by molar-refractivity contribution is 5.73. The molecule has 0 saturated carbocycles. The molecule has 0 spiro atoms. The summed E-state index contributed by atoms with van der Waals surface area (Å²) < 4.78 is 8.27. The summed E-state index contributed by atoms with van der Waals surface area (Å²) in [4.78, 5) is 0. The SMILES string of the molecule is CN1C(c2ccccc2)=COc2cc(-c3ccccc3)cc(-c3ccccc3)[n+]21. The zero-order valence-electron chi connectivity index (χ0n) is 16.2. The first-order valence-corrected chi connectivity index (χ1v) is 9.68. The van der Waals surface area contributed by atoms with Gasteiger partial charge in [-0.15, -0.1) is 5.01 Å². The van der Waals surface area contributed by atoms with Crippen LogP contribution in [-0.4, -0.2) is 7.05 Å². The normalized spacial score (nSPS) is 12.7. The summed E-state index contributed by atoms with van der Waals surface area (Å²) in [6.07, 6.45) is 1.83. The minimum absolute atomic E-state index is 0.785. The summed E-state index contributed by atoms with van der Waals surface area (Å²) >= 11 is 0. The first-order valence-electron chi connectivity index (χ1n) is 9.68. The molecule has 0 aliphatic carbocycles. The lowest BCUT2D eigenvalue weighted by Gasteiger charge is -2.24. The lowest BCUT2D eigenvalue weighted by Crippen LogP contribution is -2.57. The van der Waals surface area contributed by atoms with Crippen LogP contribution in [0, 0.1) is 0 Å². The maximum absolute atomic E-state index is 6.14. The van der Waals surface area contributed by atoms with Crippen molar-refractivity contribution >= 4 is 5.70 Å². The molecule has 1 aromatic heterocycles. The van der Waals surface area contributed by atoms with E-state index < -0.39 is 0 Å². The van der Waals surface area contributed by atoms with Gasteiger partial charge < -0.3 is 4.74 Å². The van der Waals surface area contributed by atoms with Crippen molar-refractivity contribution in [3.63, 3.8) is 0 Å². The molecule has 0 N–H and O–H groups in total. The van der Waals surface area contributed by atoms with Crippen LogP contribution in [0.2, 0.25) is 0 Å². The van der Waals surface area contributed by atoms with Gasteiger partial charge in [0.25, 0.3) is 0 Å². The first-order chi connectivity index (χ1) is 14.3. The van der Waals surface area contributed by atoms with Crippen molar-refractivity contribution in [2.75, 3.05) is 12.1 Å². The van der Waals surface area contributed by atoms with Gasteiger partial charge in [0.15, 0.2) is 0 Å². The summed E-state index contributed by atoms with van der Waals surface area (Å²) in [6, 6.07) is 35.5. The fraction of sp³-hybridized carbons (Fsp3) is 0.0385. The van der Waals surface area contributed by atoms with E-state index in [0.717, 1.165) is 39.5 Å². The van der Waals surface area contributed by atoms with E-state index in [4.69, 9.17) is 4.74 Å². The van der Waals surface area contributed by atoms with Crippen molar-refractivity contribution in [2.24, 2.45) is 0 Å². The number of benzene rings is 3. The Bertz CT molecular complexity index is 1170. The first kappa shape index (κ1) is 17.3. The lowest BCUT2D eigenvalue weighted by atomic mass is 10.0. The van der Waals surface area contributed by atoms with Crippen LogP contribution in [0.25, 0.3) is 28.1 Å². The highest BCUT2D eigenvalue weighted by Crippen LogP contribution is 2.30. The Kier molecular flexibility index (Phi) is 4.34. The summed E-state index contributed by atoms with van der Waals surface area (Å²) in [6.45, 7) is 0. The van der Waals surface area contributed by atoms with Crippen LogP contribution in [0.3, 0.4) is 0 Å². The number of nitrogens with zero attached hydrogens (tertiary/aromatic N) is 2. The van der Waals surface area contributed by atoms with Gasteiger partial charge in [-0.1, -0.05) is 78.9 Å². The van der Waals surface area contributed by atoms with Crippen LogP contribution >= 0.6 is 0 Å². The molecular weight excluding hydrogens is 356 g/mol. The monoisotopic (exact) mass is 377 g/mol. The van der Waals surface area contributed by atoms with E-state index in [0.29, 0.717) is 0 Å². The number of hydrogen-bond acceptors (Lipinski definition) is 2. The molecule has 0 atom stereocenters. The third kappa shape index (κ3) is 3.17. The number of hydrogen-bond donors (Lipinski definition) is 0. The largest absolute Gasteiger partial charge is 0.409 e. The van der Waals surface area contributed by atoms with Gasteiger partial charge in [-0.05, 0) is 27.9 Å². The molecule has 3 heteroatoms. The number of pyridine rings is 1. The van der Waals surface area contributed by atoms with Gasteiger partial charge in [0.05, 0.1) is 13.1 Å². The zero-order chi connectivity index (χ0) is 19.6. The Morgan fingerprint density at radius 3 is 1.79 bits per heavy atom. The molecule has 1 aliphatic rings. The third-order valence-electron chi connectivity index (χ3n) is 5.19.